The minimum Gasteiger partial charge on any atom is -0.396 e. The van der Waals surface area contributed by atoms with Crippen LogP contribution in [0.25, 0.3) is 0 Å². The molecule has 20 heavy (non-hydrogen) atoms. The molecule has 3 heterocycles. The quantitative estimate of drug-likeness (QED) is 0.836. The molecule has 2 saturated heterocycles. The van der Waals surface area contributed by atoms with E-state index in [1.165, 1.54) is 25.5 Å². The van der Waals surface area contributed by atoms with Gasteiger partial charge in [-0.1, -0.05) is 6.42 Å². The highest BCUT2D eigenvalue weighted by Crippen LogP contribution is 2.32. The van der Waals surface area contributed by atoms with E-state index in [1.807, 2.05) is 0 Å². The van der Waals surface area contributed by atoms with Crippen molar-refractivity contribution in [1.29, 1.82) is 0 Å². The van der Waals surface area contributed by atoms with Crippen LogP contribution in [0.4, 0.5) is 5.69 Å². The van der Waals surface area contributed by atoms with E-state index in [-0.39, 0.29) is 11.9 Å². The number of aromatic nitrogens is 2. The number of carbonyl (C=O) groups excluding carboxylic acids is 1. The molecule has 3 N–H and O–H groups in total. The second-order valence-electron chi connectivity index (χ2n) is 6.12. The molecule has 2 atom stereocenters. The van der Waals surface area contributed by atoms with Gasteiger partial charge in [-0.3, -0.25) is 9.48 Å². The van der Waals surface area contributed by atoms with Gasteiger partial charge in [0.25, 0.3) is 5.91 Å². The molecule has 0 aromatic carbocycles. The lowest BCUT2D eigenvalue weighted by atomic mass is 9.82. The van der Waals surface area contributed by atoms with Gasteiger partial charge in [-0.05, 0) is 32.7 Å². The lowest BCUT2D eigenvalue weighted by Gasteiger charge is -2.47. The van der Waals surface area contributed by atoms with Crippen LogP contribution in [0.2, 0.25) is 0 Å². The summed E-state index contributed by atoms with van der Waals surface area (Å²) in [5.41, 5.74) is 6.72. The van der Waals surface area contributed by atoms with Crippen LogP contribution in [-0.2, 0) is 7.05 Å². The molecule has 2 fully saturated rings. The molecule has 2 aliphatic heterocycles. The molecule has 1 amide bonds. The Hall–Kier alpha value is -1.56. The summed E-state index contributed by atoms with van der Waals surface area (Å²) in [5.74, 6) is -0.102. The van der Waals surface area contributed by atoms with E-state index in [1.54, 1.807) is 11.7 Å². The zero-order chi connectivity index (χ0) is 14.3. The van der Waals surface area contributed by atoms with Gasteiger partial charge in [-0.25, -0.2) is 0 Å². The van der Waals surface area contributed by atoms with Crippen molar-refractivity contribution in [3.63, 3.8) is 0 Å². The Morgan fingerprint density at radius 1 is 1.35 bits per heavy atom. The molecule has 0 aliphatic carbocycles. The van der Waals surface area contributed by atoms with Gasteiger partial charge in [0, 0.05) is 25.2 Å². The van der Waals surface area contributed by atoms with Crippen molar-refractivity contribution in [2.24, 2.45) is 7.05 Å². The van der Waals surface area contributed by atoms with Crippen molar-refractivity contribution >= 4 is 11.6 Å². The number of nitrogens with one attached hydrogen (secondary N) is 1. The van der Waals surface area contributed by atoms with Crippen molar-refractivity contribution in [3.8, 4) is 0 Å². The van der Waals surface area contributed by atoms with Crippen molar-refractivity contribution in [2.45, 2.75) is 50.2 Å². The third-order valence-electron chi connectivity index (χ3n) is 4.86. The molecule has 2 aliphatic rings. The number of hydrogen-bond donors (Lipinski definition) is 2. The number of anilines is 1. The number of rotatable bonds is 2. The van der Waals surface area contributed by atoms with Crippen molar-refractivity contribution in [1.82, 2.24) is 20.0 Å². The predicted molar refractivity (Wildman–Crippen MR) is 77.3 cm³/mol. The van der Waals surface area contributed by atoms with Gasteiger partial charge in [0.2, 0.25) is 0 Å². The van der Waals surface area contributed by atoms with Crippen LogP contribution >= 0.6 is 0 Å². The summed E-state index contributed by atoms with van der Waals surface area (Å²) in [7, 11) is 3.96. The molecule has 0 radical (unpaired) electrons. The summed E-state index contributed by atoms with van der Waals surface area (Å²) < 4.78 is 1.54. The third kappa shape index (κ3) is 2.28. The first-order valence-corrected chi connectivity index (χ1v) is 7.36. The number of hydrogen-bond acceptors (Lipinski definition) is 4. The zero-order valence-electron chi connectivity index (χ0n) is 12.2. The largest absolute Gasteiger partial charge is 0.396 e. The Balaban J connectivity index is 1.68. The Labute approximate surface area is 119 Å². The fourth-order valence-electron chi connectivity index (χ4n) is 3.72. The predicted octanol–water partition coefficient (Wildman–Crippen LogP) is 0.747. The summed E-state index contributed by atoms with van der Waals surface area (Å²) in [6.45, 7) is 0. The molecule has 3 rings (SSSR count). The van der Waals surface area contributed by atoms with Gasteiger partial charge in [-0.2, -0.15) is 5.10 Å². The zero-order valence-corrected chi connectivity index (χ0v) is 12.2. The minimum absolute atomic E-state index is 0.102. The van der Waals surface area contributed by atoms with Crippen LogP contribution < -0.4 is 11.1 Å². The van der Waals surface area contributed by atoms with Gasteiger partial charge in [0.15, 0.2) is 0 Å². The summed E-state index contributed by atoms with van der Waals surface area (Å²) in [4.78, 5) is 14.8. The minimum atomic E-state index is -0.102. The second-order valence-corrected chi connectivity index (χ2v) is 6.12. The first-order chi connectivity index (χ1) is 9.56. The maximum Gasteiger partial charge on any atom is 0.271 e. The molecular formula is C14H23N5O. The molecule has 110 valence electrons. The van der Waals surface area contributed by atoms with Crippen LogP contribution in [0.5, 0.6) is 0 Å². The van der Waals surface area contributed by atoms with E-state index in [0.717, 1.165) is 12.8 Å². The summed E-state index contributed by atoms with van der Waals surface area (Å²) in [6, 6.07) is 1.47. The maximum absolute atomic E-state index is 12.4. The average molecular weight is 277 g/mol. The third-order valence-corrected chi connectivity index (χ3v) is 4.86. The monoisotopic (exact) mass is 277 g/mol. The van der Waals surface area contributed by atoms with Gasteiger partial charge in [-0.15, -0.1) is 0 Å². The smallest absolute Gasteiger partial charge is 0.271 e. The number of nitrogens with zero attached hydrogens (tertiary/aromatic N) is 3. The van der Waals surface area contributed by atoms with E-state index in [0.29, 0.717) is 23.5 Å². The summed E-state index contributed by atoms with van der Waals surface area (Å²) >= 11 is 0. The molecule has 6 nitrogen and oxygen atoms in total. The molecule has 6 heteroatoms. The van der Waals surface area contributed by atoms with Crippen LogP contribution in [0.15, 0.2) is 6.20 Å². The summed E-state index contributed by atoms with van der Waals surface area (Å²) in [5, 5.41) is 7.17. The SMILES string of the molecule is CN1C2CCCC1CC(NC(=O)c1c(N)cnn1C)C2. The molecule has 2 unspecified atom stereocenters. The van der Waals surface area contributed by atoms with Crippen molar-refractivity contribution in [3.05, 3.63) is 11.9 Å². The topological polar surface area (TPSA) is 76.2 Å². The van der Waals surface area contributed by atoms with E-state index in [9.17, 15) is 4.79 Å². The second kappa shape index (κ2) is 5.09. The molecule has 2 bridgehead atoms. The number of nitrogen functional groups attached to an aromatic ring is 1. The molecule has 0 spiro atoms. The molecular weight excluding hydrogens is 254 g/mol. The lowest BCUT2D eigenvalue weighted by Crippen LogP contribution is -2.55. The highest BCUT2D eigenvalue weighted by molar-refractivity contribution is 5.97. The van der Waals surface area contributed by atoms with Gasteiger partial charge in [0.1, 0.15) is 5.69 Å². The van der Waals surface area contributed by atoms with Crippen LogP contribution in [0, 0.1) is 0 Å². The highest BCUT2D eigenvalue weighted by atomic mass is 16.2. The molecule has 0 saturated carbocycles. The lowest BCUT2D eigenvalue weighted by molar-refractivity contribution is 0.0461. The fourth-order valence-corrected chi connectivity index (χ4v) is 3.72. The van der Waals surface area contributed by atoms with Crippen LogP contribution in [0.3, 0.4) is 0 Å². The first-order valence-electron chi connectivity index (χ1n) is 7.36. The number of fused-ring (bicyclic) bond motifs is 2. The number of piperidine rings is 2. The Bertz CT molecular complexity index is 478. The van der Waals surface area contributed by atoms with Crippen molar-refractivity contribution in [2.75, 3.05) is 12.8 Å². The van der Waals surface area contributed by atoms with Crippen LogP contribution in [-0.4, -0.2) is 45.8 Å². The number of amides is 1. The van der Waals surface area contributed by atoms with Crippen molar-refractivity contribution < 1.29 is 4.79 Å². The van der Waals surface area contributed by atoms with Gasteiger partial charge in [0.05, 0.1) is 11.9 Å². The maximum atomic E-state index is 12.4. The van der Waals surface area contributed by atoms with E-state index in [4.69, 9.17) is 5.73 Å². The average Bonchev–Trinajstić information content (AvgIpc) is 2.70. The Morgan fingerprint density at radius 3 is 2.55 bits per heavy atom. The summed E-state index contributed by atoms with van der Waals surface area (Å²) in [6.07, 6.45) is 7.40. The fraction of sp³-hybridized carbons (Fsp3) is 0.714. The van der Waals surface area contributed by atoms with Gasteiger partial charge < -0.3 is 16.0 Å². The van der Waals surface area contributed by atoms with Crippen LogP contribution in [0.1, 0.15) is 42.6 Å². The number of carbonyl (C=O) groups is 1. The molecule has 1 aromatic heterocycles. The van der Waals surface area contributed by atoms with E-state index >= 15 is 0 Å². The highest BCUT2D eigenvalue weighted by Gasteiger charge is 2.36. The number of aryl methyl sites for hydroxylation is 1. The normalized spacial score (nSPS) is 30.2. The van der Waals surface area contributed by atoms with E-state index < -0.39 is 0 Å². The van der Waals surface area contributed by atoms with E-state index in [2.05, 4.69) is 22.4 Å². The van der Waals surface area contributed by atoms with Gasteiger partial charge >= 0.3 is 0 Å². The first kappa shape index (κ1) is 13.4. The molecule has 1 aromatic rings. The number of nitrogens with two attached hydrogens (primary N) is 1. The Kier molecular flexibility index (Phi) is 3.41. The Morgan fingerprint density at radius 2 is 2.00 bits per heavy atom. The standard InChI is InChI=1S/C14H23N5O/c1-18-10-4-3-5-11(18)7-9(6-10)17-14(20)13-12(15)8-16-19(13)2/h8-11H,3-7,15H2,1-2H3,(H,17,20).